The summed E-state index contributed by atoms with van der Waals surface area (Å²) in [6.45, 7) is 10.0. The third-order valence-corrected chi connectivity index (χ3v) is 6.07. The standard InChI is InChI=1S/C25H30N6.C3H8O2/c1-25(2,3)30-23-9-6-18-5-7-20(13-22(18)29-23)27-14-17-4-8-21(12-17)31-11-10-19-15-26-16-28-24(19)31;1-3(2,4)5/h5-7,9-11,13,15-17,21,27H,4,8,12,14H2,1-3H3,(H,29,30);4-5H,1-2H3. The van der Waals surface area contributed by atoms with Gasteiger partial charge in [-0.2, -0.15) is 0 Å². The van der Waals surface area contributed by atoms with Gasteiger partial charge in [0.1, 0.15) is 17.8 Å². The summed E-state index contributed by atoms with van der Waals surface area (Å²) in [6.07, 6.45) is 9.30. The molecule has 0 radical (unpaired) electrons. The van der Waals surface area contributed by atoms with Crippen molar-refractivity contribution >= 4 is 33.4 Å². The molecule has 8 nitrogen and oxygen atoms in total. The molecule has 1 aliphatic carbocycles. The van der Waals surface area contributed by atoms with Crippen LogP contribution < -0.4 is 10.6 Å². The van der Waals surface area contributed by atoms with Crippen LogP contribution in [0.3, 0.4) is 0 Å². The van der Waals surface area contributed by atoms with Crippen LogP contribution in [0.4, 0.5) is 11.5 Å². The highest BCUT2D eigenvalue weighted by molar-refractivity contribution is 5.83. The van der Waals surface area contributed by atoms with Gasteiger partial charge in [0.05, 0.1) is 5.52 Å². The van der Waals surface area contributed by atoms with E-state index in [9.17, 15) is 0 Å². The van der Waals surface area contributed by atoms with Crippen LogP contribution >= 0.6 is 0 Å². The van der Waals surface area contributed by atoms with Crippen molar-refractivity contribution in [2.75, 3.05) is 17.2 Å². The Labute approximate surface area is 212 Å². The summed E-state index contributed by atoms with van der Waals surface area (Å²) in [5, 5.41) is 25.5. The van der Waals surface area contributed by atoms with Crippen molar-refractivity contribution in [3.8, 4) is 0 Å². The van der Waals surface area contributed by atoms with Crippen LogP contribution in [-0.4, -0.2) is 47.6 Å². The summed E-state index contributed by atoms with van der Waals surface area (Å²) in [5.74, 6) is 0.0698. The molecule has 3 aromatic heterocycles. The number of hydrogen-bond donors (Lipinski definition) is 4. The lowest BCUT2D eigenvalue weighted by Crippen LogP contribution is -2.26. The Kier molecular flexibility index (Phi) is 7.47. The molecule has 2 unspecified atom stereocenters. The van der Waals surface area contributed by atoms with Gasteiger partial charge >= 0.3 is 0 Å². The Morgan fingerprint density at radius 2 is 1.75 bits per heavy atom. The predicted octanol–water partition coefficient (Wildman–Crippen LogP) is 5.35. The van der Waals surface area contributed by atoms with Gasteiger partial charge in [-0.1, -0.05) is 6.07 Å². The number of anilines is 2. The van der Waals surface area contributed by atoms with Crippen molar-refractivity contribution in [1.29, 1.82) is 0 Å². The zero-order chi connectivity index (χ0) is 25.9. The van der Waals surface area contributed by atoms with Crippen LogP contribution in [0.2, 0.25) is 0 Å². The molecule has 4 N–H and O–H groups in total. The average molecular weight is 491 g/mol. The molecular formula is C28H38N6O2. The first-order chi connectivity index (χ1) is 16.9. The van der Waals surface area contributed by atoms with E-state index in [-0.39, 0.29) is 5.54 Å². The third kappa shape index (κ3) is 7.15. The van der Waals surface area contributed by atoms with Gasteiger partial charge in [-0.3, -0.25) is 0 Å². The van der Waals surface area contributed by atoms with E-state index in [1.54, 1.807) is 6.33 Å². The molecule has 0 saturated heterocycles. The Morgan fingerprint density at radius 1 is 1.00 bits per heavy atom. The molecule has 0 aliphatic heterocycles. The number of nitrogens with one attached hydrogen (secondary N) is 2. The summed E-state index contributed by atoms with van der Waals surface area (Å²) in [4.78, 5) is 13.4. The molecule has 1 aromatic carbocycles. The number of aromatic nitrogens is 4. The van der Waals surface area contributed by atoms with E-state index in [2.05, 4.69) is 88.5 Å². The minimum Gasteiger partial charge on any atom is -0.385 e. The SMILES string of the molecule is CC(C)(C)Nc1ccc2ccc(NCC3CCC(n4ccc5cncnc54)C3)cc2n1.CC(C)(O)O. The Morgan fingerprint density at radius 3 is 2.50 bits per heavy atom. The molecule has 0 spiro atoms. The molecule has 5 rings (SSSR count). The highest BCUT2D eigenvalue weighted by Gasteiger charge is 2.26. The molecule has 2 atom stereocenters. The fourth-order valence-electron chi connectivity index (χ4n) is 4.62. The fraction of sp³-hybridized carbons (Fsp3) is 0.464. The first-order valence-corrected chi connectivity index (χ1v) is 12.6. The average Bonchev–Trinajstić information content (AvgIpc) is 3.42. The topological polar surface area (TPSA) is 108 Å². The predicted molar refractivity (Wildman–Crippen MR) is 146 cm³/mol. The van der Waals surface area contributed by atoms with Gasteiger partial charge in [0.25, 0.3) is 0 Å². The molecule has 192 valence electrons. The first kappa shape index (κ1) is 25.9. The normalized spacial score (nSPS) is 18.2. The minimum atomic E-state index is -1.50. The Balaban J connectivity index is 0.000000556. The maximum absolute atomic E-state index is 8.08. The summed E-state index contributed by atoms with van der Waals surface area (Å²) >= 11 is 0. The second-order valence-corrected chi connectivity index (χ2v) is 11.2. The van der Waals surface area contributed by atoms with E-state index >= 15 is 0 Å². The van der Waals surface area contributed by atoms with Gasteiger partial charge in [-0.15, -0.1) is 0 Å². The number of nitrogens with zero attached hydrogens (tertiary/aromatic N) is 4. The van der Waals surface area contributed by atoms with Crippen molar-refractivity contribution in [2.24, 2.45) is 5.92 Å². The number of pyridine rings is 1. The summed E-state index contributed by atoms with van der Waals surface area (Å²) < 4.78 is 2.33. The van der Waals surface area contributed by atoms with Crippen LogP contribution in [-0.2, 0) is 0 Å². The highest BCUT2D eigenvalue weighted by atomic mass is 16.5. The fourth-order valence-corrected chi connectivity index (χ4v) is 4.62. The van der Waals surface area contributed by atoms with E-state index in [1.165, 1.54) is 33.1 Å². The Bertz CT molecular complexity index is 1300. The van der Waals surface area contributed by atoms with Crippen LogP contribution in [0.25, 0.3) is 21.9 Å². The number of aliphatic hydroxyl groups is 2. The Hall–Kier alpha value is -3.23. The van der Waals surface area contributed by atoms with Crippen molar-refractivity contribution < 1.29 is 10.2 Å². The van der Waals surface area contributed by atoms with E-state index in [1.807, 2.05) is 6.20 Å². The summed E-state index contributed by atoms with van der Waals surface area (Å²) in [7, 11) is 0. The number of benzene rings is 1. The van der Waals surface area contributed by atoms with E-state index in [4.69, 9.17) is 15.2 Å². The van der Waals surface area contributed by atoms with Crippen LogP contribution in [0.15, 0.2) is 55.1 Å². The van der Waals surface area contributed by atoms with Gasteiger partial charge in [0.15, 0.2) is 5.79 Å². The van der Waals surface area contributed by atoms with Crippen molar-refractivity contribution in [3.05, 3.63) is 55.1 Å². The second kappa shape index (κ2) is 10.4. The molecule has 0 amide bonds. The van der Waals surface area contributed by atoms with Crippen molar-refractivity contribution in [2.45, 2.75) is 71.2 Å². The maximum atomic E-state index is 8.08. The molecular weight excluding hydrogens is 452 g/mol. The summed E-state index contributed by atoms with van der Waals surface area (Å²) in [6, 6.07) is 13.3. The monoisotopic (exact) mass is 490 g/mol. The zero-order valence-electron chi connectivity index (χ0n) is 21.9. The third-order valence-electron chi connectivity index (χ3n) is 6.07. The van der Waals surface area contributed by atoms with E-state index in [0.29, 0.717) is 12.0 Å². The van der Waals surface area contributed by atoms with Gasteiger partial charge < -0.3 is 25.4 Å². The number of rotatable bonds is 5. The lowest BCUT2D eigenvalue weighted by molar-refractivity contribution is -0.127. The lowest BCUT2D eigenvalue weighted by Gasteiger charge is -2.21. The zero-order valence-corrected chi connectivity index (χ0v) is 21.9. The van der Waals surface area contributed by atoms with Crippen LogP contribution in [0, 0.1) is 5.92 Å². The minimum absolute atomic E-state index is 0.00731. The second-order valence-electron chi connectivity index (χ2n) is 11.2. The van der Waals surface area contributed by atoms with Crippen LogP contribution in [0.1, 0.15) is 59.9 Å². The van der Waals surface area contributed by atoms with Gasteiger partial charge in [0, 0.05) is 47.0 Å². The quantitative estimate of drug-likeness (QED) is 0.279. The number of fused-ring (bicyclic) bond motifs is 2. The molecule has 1 fully saturated rings. The van der Waals surface area contributed by atoms with Crippen LogP contribution in [0.5, 0.6) is 0 Å². The van der Waals surface area contributed by atoms with Gasteiger partial charge in [0.2, 0.25) is 0 Å². The van der Waals surface area contributed by atoms with E-state index in [0.717, 1.165) is 40.0 Å². The molecule has 8 heteroatoms. The van der Waals surface area contributed by atoms with Crippen molar-refractivity contribution in [1.82, 2.24) is 19.5 Å². The van der Waals surface area contributed by atoms with Gasteiger partial charge in [-0.25, -0.2) is 15.0 Å². The molecule has 4 aromatic rings. The van der Waals surface area contributed by atoms with Crippen molar-refractivity contribution in [3.63, 3.8) is 0 Å². The molecule has 1 aliphatic rings. The number of hydrogen-bond acceptors (Lipinski definition) is 7. The molecule has 0 bridgehead atoms. The lowest BCUT2D eigenvalue weighted by atomic mass is 10.1. The molecule has 3 heterocycles. The molecule has 1 saturated carbocycles. The smallest absolute Gasteiger partial charge is 0.156 e. The highest BCUT2D eigenvalue weighted by Crippen LogP contribution is 2.36. The first-order valence-electron chi connectivity index (χ1n) is 12.6. The summed E-state index contributed by atoms with van der Waals surface area (Å²) in [5.41, 5.74) is 3.19. The maximum Gasteiger partial charge on any atom is 0.156 e. The van der Waals surface area contributed by atoms with Gasteiger partial charge in [-0.05, 0) is 90.1 Å². The molecule has 36 heavy (non-hydrogen) atoms. The van der Waals surface area contributed by atoms with E-state index < -0.39 is 5.79 Å². The largest absolute Gasteiger partial charge is 0.385 e.